The predicted molar refractivity (Wildman–Crippen MR) is 63.6 cm³/mol. The van der Waals surface area contributed by atoms with Crippen LogP contribution in [0.15, 0.2) is 17.3 Å². The summed E-state index contributed by atoms with van der Waals surface area (Å²) in [5.41, 5.74) is 0.771. The highest BCUT2D eigenvalue weighted by Gasteiger charge is 2.27. The van der Waals surface area contributed by atoms with Crippen molar-refractivity contribution in [2.75, 3.05) is 19.0 Å². The zero-order valence-electron chi connectivity index (χ0n) is 9.75. The molecule has 0 aliphatic heterocycles. The molecule has 6 nitrogen and oxygen atoms in total. The summed E-state index contributed by atoms with van der Waals surface area (Å²) in [5, 5.41) is 4.90. The van der Waals surface area contributed by atoms with Crippen molar-refractivity contribution in [1.82, 2.24) is 4.98 Å². The van der Waals surface area contributed by atoms with Crippen molar-refractivity contribution in [2.45, 2.75) is 24.0 Å². The van der Waals surface area contributed by atoms with Crippen molar-refractivity contribution in [2.24, 2.45) is 5.14 Å². The monoisotopic (exact) mass is 257 g/mol. The van der Waals surface area contributed by atoms with Gasteiger partial charge in [-0.3, -0.25) is 0 Å². The van der Waals surface area contributed by atoms with Gasteiger partial charge in [0.2, 0.25) is 5.03 Å². The van der Waals surface area contributed by atoms with Crippen molar-refractivity contribution in [1.29, 1.82) is 0 Å². The molecule has 0 spiro atoms. The fourth-order valence-electron chi connectivity index (χ4n) is 1.33. The zero-order chi connectivity index (χ0) is 12.6. The van der Waals surface area contributed by atoms with Crippen molar-refractivity contribution >= 4 is 15.7 Å². The lowest BCUT2D eigenvalue weighted by Gasteiger charge is -2.15. The molecule has 0 radical (unpaired) electrons. The minimum atomic E-state index is -3.85. The first-order valence-electron chi connectivity index (χ1n) is 5.25. The van der Waals surface area contributed by atoms with Gasteiger partial charge in [-0.25, -0.2) is 18.5 Å². The van der Waals surface area contributed by atoms with Gasteiger partial charge in [-0.05, 0) is 12.8 Å². The van der Waals surface area contributed by atoms with Crippen LogP contribution in [-0.4, -0.2) is 33.6 Å². The summed E-state index contributed by atoms with van der Waals surface area (Å²) >= 11 is 0. The molecular weight excluding hydrogens is 242 g/mol. The molecule has 0 unspecified atom stereocenters. The Balaban J connectivity index is 2.43. The number of anilines is 1. The van der Waals surface area contributed by atoms with E-state index in [0.717, 1.165) is 18.5 Å². The van der Waals surface area contributed by atoms with E-state index in [9.17, 15) is 8.42 Å². The molecule has 1 aromatic heterocycles. The van der Waals surface area contributed by atoms with E-state index in [4.69, 9.17) is 9.88 Å². The van der Waals surface area contributed by atoms with Crippen molar-refractivity contribution < 1.29 is 13.2 Å². The van der Waals surface area contributed by atoms with E-state index in [1.807, 2.05) is 19.0 Å². The highest BCUT2D eigenvalue weighted by atomic mass is 32.2. The number of aromatic nitrogens is 1. The average molecular weight is 257 g/mol. The molecule has 17 heavy (non-hydrogen) atoms. The topological polar surface area (TPSA) is 85.5 Å². The Labute approximate surface area is 100 Å². The highest BCUT2D eigenvalue weighted by molar-refractivity contribution is 7.89. The molecule has 1 aliphatic carbocycles. The standard InChI is InChI=1S/C10H15N3O3S/c1-13(2)7-5-9(16-8-3-4-8)10(12-6-7)17(11,14)15/h5-6,8H,3-4H2,1-2H3,(H2,11,14,15). The maximum Gasteiger partial charge on any atom is 0.259 e. The van der Waals surface area contributed by atoms with Crippen molar-refractivity contribution in [3.05, 3.63) is 12.3 Å². The Kier molecular flexibility index (Phi) is 2.96. The maximum absolute atomic E-state index is 11.4. The molecule has 1 fully saturated rings. The minimum absolute atomic E-state index is 0.0923. The molecule has 2 N–H and O–H groups in total. The molecule has 0 bridgehead atoms. The van der Waals surface area contributed by atoms with Gasteiger partial charge in [0.05, 0.1) is 18.0 Å². The van der Waals surface area contributed by atoms with Crippen LogP contribution in [0.3, 0.4) is 0 Å². The van der Waals surface area contributed by atoms with Gasteiger partial charge in [-0.15, -0.1) is 0 Å². The number of nitrogens with two attached hydrogens (primary N) is 1. The van der Waals surface area contributed by atoms with Crippen molar-refractivity contribution in [3.8, 4) is 5.75 Å². The fraction of sp³-hybridized carbons (Fsp3) is 0.500. The first-order valence-corrected chi connectivity index (χ1v) is 6.79. The lowest BCUT2D eigenvalue weighted by atomic mass is 10.4. The normalized spacial score (nSPS) is 15.7. The molecule has 1 saturated carbocycles. The summed E-state index contributed by atoms with van der Waals surface area (Å²) < 4.78 is 28.2. The minimum Gasteiger partial charge on any atom is -0.487 e. The van der Waals surface area contributed by atoms with E-state index in [1.165, 1.54) is 6.20 Å². The molecule has 0 aromatic carbocycles. The number of pyridine rings is 1. The van der Waals surface area contributed by atoms with Crippen LogP contribution < -0.4 is 14.8 Å². The van der Waals surface area contributed by atoms with E-state index in [2.05, 4.69) is 4.98 Å². The number of hydrogen-bond acceptors (Lipinski definition) is 5. The number of ether oxygens (including phenoxy) is 1. The van der Waals surface area contributed by atoms with Crippen LogP contribution in [0.5, 0.6) is 5.75 Å². The molecule has 1 aliphatic rings. The van der Waals surface area contributed by atoms with Crippen molar-refractivity contribution in [3.63, 3.8) is 0 Å². The van der Waals surface area contributed by atoms with Crippen LogP contribution in [0.25, 0.3) is 0 Å². The number of rotatable bonds is 4. The Morgan fingerprint density at radius 1 is 1.47 bits per heavy atom. The van der Waals surface area contributed by atoms with Gasteiger partial charge in [0.25, 0.3) is 10.0 Å². The summed E-state index contributed by atoms with van der Waals surface area (Å²) in [6.45, 7) is 0. The third kappa shape index (κ3) is 2.86. The first-order chi connectivity index (χ1) is 7.88. The maximum atomic E-state index is 11.4. The number of nitrogens with zero attached hydrogens (tertiary/aromatic N) is 2. The van der Waals surface area contributed by atoms with E-state index in [1.54, 1.807) is 6.07 Å². The smallest absolute Gasteiger partial charge is 0.259 e. The molecule has 0 saturated heterocycles. The van der Waals surface area contributed by atoms with Crippen LogP contribution in [0, 0.1) is 0 Å². The van der Waals surface area contributed by atoms with Crippen LogP contribution >= 0.6 is 0 Å². The number of primary sulfonamides is 1. The molecule has 94 valence electrons. The summed E-state index contributed by atoms with van der Waals surface area (Å²) in [7, 11) is -0.165. The van der Waals surface area contributed by atoms with Crippen LogP contribution in [-0.2, 0) is 10.0 Å². The molecule has 0 atom stereocenters. The van der Waals surface area contributed by atoms with Gasteiger partial charge in [0.15, 0.2) is 5.75 Å². The Hall–Kier alpha value is -1.34. The van der Waals surface area contributed by atoms with Gasteiger partial charge >= 0.3 is 0 Å². The quantitative estimate of drug-likeness (QED) is 0.840. The summed E-state index contributed by atoms with van der Waals surface area (Å²) in [5.74, 6) is 0.237. The second-order valence-electron chi connectivity index (χ2n) is 4.25. The molecule has 0 amide bonds. The summed E-state index contributed by atoms with van der Waals surface area (Å²) in [6, 6.07) is 1.64. The van der Waals surface area contributed by atoms with Gasteiger partial charge in [0, 0.05) is 20.2 Å². The summed E-state index contributed by atoms with van der Waals surface area (Å²) in [4.78, 5) is 5.69. The van der Waals surface area contributed by atoms with E-state index >= 15 is 0 Å². The first kappa shape index (κ1) is 12.1. The zero-order valence-corrected chi connectivity index (χ0v) is 10.6. The highest BCUT2D eigenvalue weighted by Crippen LogP contribution is 2.32. The van der Waals surface area contributed by atoms with Gasteiger partial charge in [-0.1, -0.05) is 0 Å². The lowest BCUT2D eigenvalue weighted by molar-refractivity contribution is 0.292. The Morgan fingerprint density at radius 3 is 2.59 bits per heavy atom. The second-order valence-corrected chi connectivity index (χ2v) is 5.73. The van der Waals surface area contributed by atoms with Crippen LogP contribution in [0.4, 0.5) is 5.69 Å². The number of sulfonamides is 1. The predicted octanol–water partition coefficient (Wildman–Crippen LogP) is 0.336. The lowest BCUT2D eigenvalue weighted by Crippen LogP contribution is -2.17. The number of hydrogen-bond donors (Lipinski definition) is 1. The van der Waals surface area contributed by atoms with E-state index < -0.39 is 10.0 Å². The largest absolute Gasteiger partial charge is 0.487 e. The Morgan fingerprint density at radius 2 is 2.12 bits per heavy atom. The molecule has 1 heterocycles. The second kappa shape index (κ2) is 4.15. The van der Waals surface area contributed by atoms with E-state index in [0.29, 0.717) is 0 Å². The van der Waals surface area contributed by atoms with Gasteiger partial charge in [0.1, 0.15) is 0 Å². The molecule has 2 rings (SSSR count). The Bertz CT molecular complexity index is 524. The van der Waals surface area contributed by atoms with E-state index in [-0.39, 0.29) is 16.9 Å². The third-order valence-electron chi connectivity index (χ3n) is 2.41. The van der Waals surface area contributed by atoms with Gasteiger partial charge in [-0.2, -0.15) is 0 Å². The summed E-state index contributed by atoms with van der Waals surface area (Å²) in [6.07, 6.45) is 3.43. The SMILES string of the molecule is CN(C)c1cnc(S(N)(=O)=O)c(OC2CC2)c1. The fourth-order valence-corrected chi connectivity index (χ4v) is 1.92. The molecule has 1 aromatic rings. The van der Waals surface area contributed by atoms with Gasteiger partial charge < -0.3 is 9.64 Å². The molecule has 7 heteroatoms. The molecular formula is C10H15N3O3S. The third-order valence-corrected chi connectivity index (χ3v) is 3.25. The van der Waals surface area contributed by atoms with Crippen LogP contribution in [0.1, 0.15) is 12.8 Å². The van der Waals surface area contributed by atoms with Crippen LogP contribution in [0.2, 0.25) is 0 Å². The average Bonchev–Trinajstić information content (AvgIpc) is 2.99.